The minimum absolute atomic E-state index is 0.263. The Hall–Kier alpha value is -2.80. The van der Waals surface area contributed by atoms with Gasteiger partial charge in [-0.1, -0.05) is 24.1 Å². The average molecular weight is 405 g/mol. The van der Waals surface area contributed by atoms with Gasteiger partial charge in [-0.25, -0.2) is 4.99 Å². The second-order valence-electron chi connectivity index (χ2n) is 6.33. The maximum Gasteiger partial charge on any atom is 0.254 e. The van der Waals surface area contributed by atoms with Crippen LogP contribution < -0.4 is 21.1 Å². The van der Waals surface area contributed by atoms with E-state index in [9.17, 15) is 9.59 Å². The van der Waals surface area contributed by atoms with Crippen molar-refractivity contribution in [2.45, 2.75) is 33.1 Å². The van der Waals surface area contributed by atoms with Gasteiger partial charge in [0.15, 0.2) is 0 Å². The standard InChI is InChI=1S/C20H25ClN4O3/c1-5-13-11(2)6-8-15(18(22)26)19(25-17(13)21)24-12-7-9-14(20(27)23-3)16(10-12)28-4/h7,9-10,24H,5-6,8H2,1-4H3,(H2,22,26)(H,23,27). The summed E-state index contributed by atoms with van der Waals surface area (Å²) in [6.07, 6.45) is 1.85. The summed E-state index contributed by atoms with van der Waals surface area (Å²) in [5, 5.41) is 5.99. The van der Waals surface area contributed by atoms with Crippen molar-refractivity contribution in [3.63, 3.8) is 0 Å². The minimum atomic E-state index is -0.558. The molecule has 1 aliphatic heterocycles. The summed E-state index contributed by atoms with van der Waals surface area (Å²) in [6, 6.07) is 4.98. The van der Waals surface area contributed by atoms with Crippen LogP contribution in [0.1, 0.15) is 43.5 Å². The molecule has 0 unspecified atom stereocenters. The van der Waals surface area contributed by atoms with Gasteiger partial charge >= 0.3 is 0 Å². The lowest BCUT2D eigenvalue weighted by Gasteiger charge is -2.18. The number of methoxy groups -OCH3 is 1. The van der Waals surface area contributed by atoms with Crippen LogP contribution in [0.15, 0.2) is 45.7 Å². The molecule has 0 bridgehead atoms. The maximum absolute atomic E-state index is 12.0. The van der Waals surface area contributed by atoms with Crippen LogP contribution >= 0.6 is 11.6 Å². The Morgan fingerprint density at radius 2 is 2.04 bits per heavy atom. The summed E-state index contributed by atoms with van der Waals surface area (Å²) in [6.45, 7) is 3.99. The molecule has 0 saturated carbocycles. The predicted octanol–water partition coefficient (Wildman–Crippen LogP) is 3.32. The van der Waals surface area contributed by atoms with Gasteiger partial charge < -0.3 is 21.1 Å². The largest absolute Gasteiger partial charge is 0.496 e. The molecule has 7 nitrogen and oxygen atoms in total. The first-order chi connectivity index (χ1) is 13.3. The van der Waals surface area contributed by atoms with Crippen molar-refractivity contribution in [1.82, 2.24) is 5.32 Å². The van der Waals surface area contributed by atoms with Gasteiger partial charge in [-0.2, -0.15) is 0 Å². The highest BCUT2D eigenvalue weighted by Crippen LogP contribution is 2.29. The minimum Gasteiger partial charge on any atom is -0.496 e. The molecular weight excluding hydrogens is 380 g/mol. The summed E-state index contributed by atoms with van der Waals surface area (Å²) >= 11 is 6.42. The molecule has 0 aromatic heterocycles. The van der Waals surface area contributed by atoms with Crippen LogP contribution in [0.5, 0.6) is 5.75 Å². The quantitative estimate of drug-likeness (QED) is 0.676. The number of rotatable bonds is 6. The molecule has 4 N–H and O–H groups in total. The van der Waals surface area contributed by atoms with Gasteiger partial charge in [-0.05, 0) is 43.9 Å². The fraction of sp³-hybridized carbons (Fsp3) is 0.350. The lowest BCUT2D eigenvalue weighted by Crippen LogP contribution is -2.20. The van der Waals surface area contributed by atoms with Crippen LogP contribution in [0, 0.1) is 0 Å². The SMILES string of the molecule is CCC1=C(C)CCC(C(N)=O)=C(Nc2ccc(C(=O)NC)c(OC)c2)N=C1Cl. The zero-order valence-electron chi connectivity index (χ0n) is 16.5. The van der Waals surface area contributed by atoms with Gasteiger partial charge in [0, 0.05) is 18.8 Å². The van der Waals surface area contributed by atoms with Crippen LogP contribution in [0.2, 0.25) is 0 Å². The van der Waals surface area contributed by atoms with Gasteiger partial charge in [-0.15, -0.1) is 0 Å². The third-order valence-electron chi connectivity index (χ3n) is 4.60. The fourth-order valence-electron chi connectivity index (χ4n) is 3.01. The third kappa shape index (κ3) is 4.72. The Bertz CT molecular complexity index is 887. The summed E-state index contributed by atoms with van der Waals surface area (Å²) in [5.41, 5.74) is 8.97. The number of primary amides is 1. The molecular formula is C20H25ClN4O3. The molecule has 2 rings (SSSR count). The van der Waals surface area contributed by atoms with Crippen molar-refractivity contribution >= 4 is 34.3 Å². The van der Waals surface area contributed by atoms with E-state index in [-0.39, 0.29) is 5.91 Å². The number of anilines is 1. The molecule has 150 valence electrons. The zero-order valence-corrected chi connectivity index (χ0v) is 17.2. The number of carbonyl (C=O) groups is 2. The van der Waals surface area contributed by atoms with E-state index < -0.39 is 5.91 Å². The molecule has 1 aromatic carbocycles. The maximum atomic E-state index is 12.0. The second-order valence-corrected chi connectivity index (χ2v) is 6.68. The molecule has 0 spiro atoms. The number of aliphatic imine (C=N–C) groups is 1. The van der Waals surface area contributed by atoms with Gasteiger partial charge in [0.05, 0.1) is 18.2 Å². The Kier molecular flexibility index (Phi) is 7.23. The number of hydrogen-bond acceptors (Lipinski definition) is 5. The van der Waals surface area contributed by atoms with Gasteiger partial charge in [-0.3, -0.25) is 9.59 Å². The van der Waals surface area contributed by atoms with E-state index in [4.69, 9.17) is 22.1 Å². The highest BCUT2D eigenvalue weighted by atomic mass is 35.5. The molecule has 1 heterocycles. The number of nitrogens with zero attached hydrogens (tertiary/aromatic N) is 1. The predicted molar refractivity (Wildman–Crippen MR) is 112 cm³/mol. The monoisotopic (exact) mass is 404 g/mol. The van der Waals surface area contributed by atoms with Crippen LogP contribution in [-0.2, 0) is 4.79 Å². The Labute approximate surface area is 169 Å². The number of hydrogen-bond donors (Lipinski definition) is 3. The van der Waals surface area contributed by atoms with Crippen LogP contribution in [0.3, 0.4) is 0 Å². The van der Waals surface area contributed by atoms with Crippen molar-refractivity contribution in [2.75, 3.05) is 19.5 Å². The molecule has 0 fully saturated rings. The number of allylic oxidation sites excluding steroid dienone is 2. The number of benzene rings is 1. The Morgan fingerprint density at radius 3 is 2.61 bits per heavy atom. The zero-order chi connectivity index (χ0) is 20.8. The first-order valence-electron chi connectivity index (χ1n) is 8.95. The topological polar surface area (TPSA) is 106 Å². The van der Waals surface area contributed by atoms with Gasteiger partial charge in [0.1, 0.15) is 16.7 Å². The molecule has 28 heavy (non-hydrogen) atoms. The van der Waals surface area contributed by atoms with E-state index >= 15 is 0 Å². The molecule has 0 saturated heterocycles. The molecule has 0 aliphatic carbocycles. The highest BCUT2D eigenvalue weighted by Gasteiger charge is 2.20. The van der Waals surface area contributed by atoms with E-state index in [1.165, 1.54) is 7.11 Å². The van der Waals surface area contributed by atoms with Crippen molar-refractivity contribution in [1.29, 1.82) is 0 Å². The Morgan fingerprint density at radius 1 is 1.32 bits per heavy atom. The van der Waals surface area contributed by atoms with Crippen molar-refractivity contribution in [3.8, 4) is 5.75 Å². The molecule has 0 radical (unpaired) electrons. The molecule has 2 amide bonds. The van der Waals surface area contributed by atoms with Crippen molar-refractivity contribution in [2.24, 2.45) is 10.7 Å². The van der Waals surface area contributed by atoms with E-state index in [0.29, 0.717) is 46.4 Å². The molecule has 1 aliphatic rings. The van der Waals surface area contributed by atoms with Crippen molar-refractivity contribution in [3.05, 3.63) is 46.3 Å². The van der Waals surface area contributed by atoms with Gasteiger partial charge in [0.2, 0.25) is 5.91 Å². The van der Waals surface area contributed by atoms with Crippen LogP contribution in [0.4, 0.5) is 5.69 Å². The summed E-state index contributed by atoms with van der Waals surface area (Å²) in [7, 11) is 3.02. The van der Waals surface area contributed by atoms with Gasteiger partial charge in [0.25, 0.3) is 5.91 Å². The Balaban J connectivity index is 2.50. The average Bonchev–Trinajstić information content (AvgIpc) is 2.66. The number of ether oxygens (including phenoxy) is 1. The summed E-state index contributed by atoms with van der Waals surface area (Å²) < 4.78 is 5.31. The molecule has 1 aromatic rings. The number of nitrogens with one attached hydrogen (secondary N) is 2. The van der Waals surface area contributed by atoms with Crippen LogP contribution in [0.25, 0.3) is 0 Å². The second kappa shape index (κ2) is 9.41. The number of nitrogens with two attached hydrogens (primary N) is 1. The normalized spacial score (nSPS) is 14.8. The number of halogens is 1. The van der Waals surface area contributed by atoms with E-state index in [2.05, 4.69) is 15.6 Å². The number of amides is 2. The first kappa shape index (κ1) is 21.5. The molecule has 8 heteroatoms. The number of carbonyl (C=O) groups excluding carboxylic acids is 2. The lowest BCUT2D eigenvalue weighted by atomic mass is 9.98. The highest BCUT2D eigenvalue weighted by molar-refractivity contribution is 6.69. The van der Waals surface area contributed by atoms with Crippen molar-refractivity contribution < 1.29 is 14.3 Å². The van der Waals surface area contributed by atoms with Crippen LogP contribution in [-0.4, -0.2) is 31.1 Å². The first-order valence-corrected chi connectivity index (χ1v) is 9.33. The van der Waals surface area contributed by atoms with E-state index in [0.717, 1.165) is 17.6 Å². The summed E-state index contributed by atoms with van der Waals surface area (Å²) in [4.78, 5) is 28.4. The smallest absolute Gasteiger partial charge is 0.254 e. The van der Waals surface area contributed by atoms with E-state index in [1.54, 1.807) is 25.2 Å². The summed E-state index contributed by atoms with van der Waals surface area (Å²) in [5.74, 6) is -0.139. The van der Waals surface area contributed by atoms with E-state index in [1.807, 2.05) is 13.8 Å². The molecule has 0 atom stereocenters. The fourth-order valence-corrected chi connectivity index (χ4v) is 3.39. The lowest BCUT2D eigenvalue weighted by molar-refractivity contribution is -0.114. The third-order valence-corrected chi connectivity index (χ3v) is 4.91.